The molecule has 31 heavy (non-hydrogen) atoms. The fourth-order valence-electron chi connectivity index (χ4n) is 4.28. The van der Waals surface area contributed by atoms with Crippen molar-refractivity contribution in [3.63, 3.8) is 0 Å². The molecule has 1 aromatic carbocycles. The molecule has 1 aliphatic heterocycles. The van der Waals surface area contributed by atoms with E-state index in [0.29, 0.717) is 25.2 Å². The lowest BCUT2D eigenvalue weighted by Crippen LogP contribution is -2.34. The largest absolute Gasteiger partial charge is 0.465 e. The third-order valence-electron chi connectivity index (χ3n) is 5.95. The highest BCUT2D eigenvalue weighted by molar-refractivity contribution is 5.88. The van der Waals surface area contributed by atoms with Crippen LogP contribution in [0.1, 0.15) is 17.0 Å². The minimum Gasteiger partial charge on any atom is -0.465 e. The fraction of sp³-hybridized carbons (Fsp3) is 0.217. The van der Waals surface area contributed by atoms with E-state index in [4.69, 9.17) is 0 Å². The first kappa shape index (κ1) is 19.0. The van der Waals surface area contributed by atoms with E-state index >= 15 is 0 Å². The molecule has 0 fully saturated rings. The quantitative estimate of drug-likeness (QED) is 0.543. The molecule has 0 saturated carbocycles. The fourth-order valence-corrected chi connectivity index (χ4v) is 4.28. The zero-order valence-electron chi connectivity index (χ0n) is 17.2. The molecule has 1 amide bonds. The van der Waals surface area contributed by atoms with Crippen molar-refractivity contribution in [1.82, 2.24) is 24.2 Å². The summed E-state index contributed by atoms with van der Waals surface area (Å²) in [7, 11) is 1.99. The lowest BCUT2D eigenvalue weighted by atomic mass is 10.0. The van der Waals surface area contributed by atoms with Gasteiger partial charge in [-0.05, 0) is 37.3 Å². The summed E-state index contributed by atoms with van der Waals surface area (Å²) in [6.07, 6.45) is 1.52. The van der Waals surface area contributed by atoms with Gasteiger partial charge in [0.25, 0.3) is 5.56 Å². The molecule has 0 spiro atoms. The summed E-state index contributed by atoms with van der Waals surface area (Å²) >= 11 is 0. The standard InChI is InChI=1S/C23H21N5O3/c1-14-3-6-19(25-24-14)15-7-10-28(22(29)11-15)16-4-5-17-18-13-27(23(30)31)9-8-20(18)26(2)21(17)12-16/h3-7,10-12H,8-9,13H2,1-2H3,(H,30,31). The van der Waals surface area contributed by atoms with E-state index in [1.54, 1.807) is 16.8 Å². The number of hydrogen-bond donors (Lipinski definition) is 1. The topological polar surface area (TPSA) is 93.2 Å². The number of pyridine rings is 1. The zero-order valence-corrected chi connectivity index (χ0v) is 17.2. The highest BCUT2D eigenvalue weighted by Crippen LogP contribution is 2.31. The van der Waals surface area contributed by atoms with Gasteiger partial charge in [-0.15, -0.1) is 0 Å². The molecule has 0 radical (unpaired) electrons. The molecule has 0 unspecified atom stereocenters. The van der Waals surface area contributed by atoms with Gasteiger partial charge in [-0.25, -0.2) is 4.79 Å². The summed E-state index contributed by atoms with van der Waals surface area (Å²) in [6, 6.07) is 13.0. The van der Waals surface area contributed by atoms with Crippen LogP contribution in [0, 0.1) is 6.92 Å². The number of hydrogen-bond acceptors (Lipinski definition) is 4. The van der Waals surface area contributed by atoms with Crippen LogP contribution in [0.4, 0.5) is 4.79 Å². The van der Waals surface area contributed by atoms with Gasteiger partial charge in [0, 0.05) is 54.5 Å². The van der Waals surface area contributed by atoms with E-state index in [1.807, 2.05) is 50.4 Å². The Hall–Kier alpha value is -3.94. The number of carboxylic acid groups (broad SMARTS) is 1. The second-order valence-electron chi connectivity index (χ2n) is 7.82. The Balaban J connectivity index is 1.56. The summed E-state index contributed by atoms with van der Waals surface area (Å²) in [4.78, 5) is 25.7. The predicted octanol–water partition coefficient (Wildman–Crippen LogP) is 3.13. The van der Waals surface area contributed by atoms with Gasteiger partial charge in [-0.1, -0.05) is 6.07 Å². The van der Waals surface area contributed by atoms with Crippen molar-refractivity contribution in [2.24, 2.45) is 7.05 Å². The Kier molecular flexibility index (Phi) is 4.35. The van der Waals surface area contributed by atoms with Crippen LogP contribution in [-0.2, 0) is 20.0 Å². The molecule has 1 N–H and O–H groups in total. The molecule has 8 nitrogen and oxygen atoms in total. The monoisotopic (exact) mass is 415 g/mol. The summed E-state index contributed by atoms with van der Waals surface area (Å²) in [5, 5.41) is 18.6. The van der Waals surface area contributed by atoms with Crippen molar-refractivity contribution in [2.75, 3.05) is 6.54 Å². The lowest BCUT2D eigenvalue weighted by Gasteiger charge is -2.25. The number of aromatic nitrogens is 4. The van der Waals surface area contributed by atoms with Gasteiger partial charge in [0.05, 0.1) is 29.1 Å². The van der Waals surface area contributed by atoms with Crippen LogP contribution in [0.25, 0.3) is 27.8 Å². The van der Waals surface area contributed by atoms with Gasteiger partial charge in [0.15, 0.2) is 0 Å². The number of aryl methyl sites for hydroxylation is 2. The second kappa shape index (κ2) is 7.09. The highest BCUT2D eigenvalue weighted by Gasteiger charge is 2.25. The number of amides is 1. The van der Waals surface area contributed by atoms with Crippen LogP contribution in [0.5, 0.6) is 0 Å². The summed E-state index contributed by atoms with van der Waals surface area (Å²) in [5.41, 5.74) is 5.96. The number of nitrogens with zero attached hydrogens (tertiary/aromatic N) is 5. The average Bonchev–Trinajstić information content (AvgIpc) is 3.05. The van der Waals surface area contributed by atoms with Crippen LogP contribution in [0.2, 0.25) is 0 Å². The molecule has 5 rings (SSSR count). The molecule has 4 heterocycles. The van der Waals surface area contributed by atoms with Crippen molar-refractivity contribution >= 4 is 17.0 Å². The van der Waals surface area contributed by atoms with Crippen molar-refractivity contribution in [2.45, 2.75) is 19.9 Å². The van der Waals surface area contributed by atoms with Gasteiger partial charge in [0.1, 0.15) is 0 Å². The molecule has 8 heteroatoms. The predicted molar refractivity (Wildman–Crippen MR) is 116 cm³/mol. The maximum atomic E-state index is 12.9. The van der Waals surface area contributed by atoms with Crippen LogP contribution in [0.3, 0.4) is 0 Å². The van der Waals surface area contributed by atoms with Crippen LogP contribution in [0.15, 0.2) is 53.5 Å². The normalized spacial score (nSPS) is 13.4. The van der Waals surface area contributed by atoms with E-state index in [9.17, 15) is 14.7 Å². The maximum absolute atomic E-state index is 12.9. The maximum Gasteiger partial charge on any atom is 0.407 e. The highest BCUT2D eigenvalue weighted by atomic mass is 16.4. The Morgan fingerprint density at radius 2 is 1.94 bits per heavy atom. The third kappa shape index (κ3) is 3.16. The molecular weight excluding hydrogens is 394 g/mol. The Bertz CT molecular complexity index is 1390. The van der Waals surface area contributed by atoms with E-state index in [2.05, 4.69) is 14.8 Å². The molecule has 0 saturated heterocycles. The summed E-state index contributed by atoms with van der Waals surface area (Å²) in [5.74, 6) is 0. The van der Waals surface area contributed by atoms with E-state index in [-0.39, 0.29) is 5.56 Å². The van der Waals surface area contributed by atoms with Crippen LogP contribution >= 0.6 is 0 Å². The molecule has 0 bridgehead atoms. The van der Waals surface area contributed by atoms with Crippen molar-refractivity contribution < 1.29 is 9.90 Å². The summed E-state index contributed by atoms with van der Waals surface area (Å²) < 4.78 is 3.70. The van der Waals surface area contributed by atoms with Gasteiger partial charge >= 0.3 is 6.09 Å². The first-order valence-corrected chi connectivity index (χ1v) is 10.0. The molecule has 156 valence electrons. The minimum absolute atomic E-state index is 0.157. The molecule has 3 aromatic heterocycles. The van der Waals surface area contributed by atoms with Gasteiger partial charge in [-0.3, -0.25) is 9.36 Å². The summed E-state index contributed by atoms with van der Waals surface area (Å²) in [6.45, 7) is 2.74. The van der Waals surface area contributed by atoms with E-state index < -0.39 is 6.09 Å². The number of carbonyl (C=O) groups is 1. The van der Waals surface area contributed by atoms with Crippen molar-refractivity contribution in [3.05, 3.63) is 76.0 Å². The van der Waals surface area contributed by atoms with Gasteiger partial charge < -0.3 is 14.6 Å². The second-order valence-corrected chi connectivity index (χ2v) is 7.82. The van der Waals surface area contributed by atoms with Crippen LogP contribution in [-0.4, -0.2) is 42.0 Å². The first-order valence-electron chi connectivity index (χ1n) is 10.0. The molecular formula is C23H21N5O3. The average molecular weight is 415 g/mol. The third-order valence-corrected chi connectivity index (χ3v) is 5.95. The zero-order chi connectivity index (χ0) is 21.7. The number of fused-ring (bicyclic) bond motifs is 3. The Labute approximate surface area is 178 Å². The molecule has 4 aromatic rings. The smallest absolute Gasteiger partial charge is 0.407 e. The minimum atomic E-state index is -0.899. The van der Waals surface area contributed by atoms with E-state index in [0.717, 1.165) is 39.1 Å². The lowest BCUT2D eigenvalue weighted by molar-refractivity contribution is 0.139. The molecule has 0 aliphatic carbocycles. The molecule has 1 aliphatic rings. The SMILES string of the molecule is Cc1ccc(-c2ccn(-c3ccc4c5c(n(C)c4c3)CCN(C(=O)O)C5)c(=O)c2)nn1. The van der Waals surface area contributed by atoms with Gasteiger partial charge in [-0.2, -0.15) is 10.2 Å². The van der Waals surface area contributed by atoms with Crippen molar-refractivity contribution in [3.8, 4) is 16.9 Å². The Morgan fingerprint density at radius 3 is 2.65 bits per heavy atom. The van der Waals surface area contributed by atoms with Gasteiger partial charge in [0.2, 0.25) is 0 Å². The number of benzene rings is 1. The van der Waals surface area contributed by atoms with E-state index in [1.165, 1.54) is 4.90 Å². The Morgan fingerprint density at radius 1 is 1.10 bits per heavy atom. The first-order chi connectivity index (χ1) is 14.9. The van der Waals surface area contributed by atoms with Crippen molar-refractivity contribution in [1.29, 1.82) is 0 Å². The van der Waals surface area contributed by atoms with Crippen LogP contribution < -0.4 is 5.56 Å². The molecule has 0 atom stereocenters. The number of rotatable bonds is 2.